The molecule has 1 aromatic heterocycles. The Balaban J connectivity index is 2.60. The molecule has 17 heavy (non-hydrogen) atoms. The van der Waals surface area contributed by atoms with Crippen LogP contribution in [0.5, 0.6) is 0 Å². The summed E-state index contributed by atoms with van der Waals surface area (Å²) in [5, 5.41) is 3.39. The summed E-state index contributed by atoms with van der Waals surface area (Å²) in [6.07, 6.45) is 3.19. The lowest BCUT2D eigenvalue weighted by Crippen LogP contribution is -2.35. The lowest BCUT2D eigenvalue weighted by molar-refractivity contribution is 0.416. The number of nitrogens with one attached hydrogen (secondary N) is 1. The molecule has 0 fully saturated rings. The van der Waals surface area contributed by atoms with Crippen molar-refractivity contribution in [2.75, 3.05) is 12.0 Å². The molecule has 1 heterocycles. The average Bonchev–Trinajstić information content (AvgIpc) is 2.56. The van der Waals surface area contributed by atoms with Crippen LogP contribution >= 0.6 is 0 Å². The van der Waals surface area contributed by atoms with E-state index in [2.05, 4.69) is 26.1 Å². The number of aryl methyl sites for hydroxylation is 1. The summed E-state index contributed by atoms with van der Waals surface area (Å²) < 4.78 is 24.2. The molecule has 0 atom stereocenters. The van der Waals surface area contributed by atoms with Gasteiger partial charge in [-0.25, -0.2) is 8.42 Å². The minimum absolute atomic E-state index is 0.0614. The van der Waals surface area contributed by atoms with E-state index in [0.29, 0.717) is 6.54 Å². The first-order valence-electron chi connectivity index (χ1n) is 5.74. The molecule has 0 aliphatic rings. The van der Waals surface area contributed by atoms with Gasteiger partial charge in [-0.1, -0.05) is 0 Å². The molecule has 1 N–H and O–H groups in total. The molecule has 0 saturated heterocycles. The van der Waals surface area contributed by atoms with Crippen LogP contribution in [0, 0.1) is 0 Å². The molecule has 0 aromatic carbocycles. The van der Waals surface area contributed by atoms with Crippen LogP contribution in [0.15, 0.2) is 18.3 Å². The van der Waals surface area contributed by atoms with Crippen LogP contribution in [0.2, 0.25) is 0 Å². The molecule has 1 rings (SSSR count). The Labute approximate surface area is 104 Å². The molecule has 0 amide bonds. The van der Waals surface area contributed by atoms with E-state index in [1.54, 1.807) is 0 Å². The number of hydrogen-bond donors (Lipinski definition) is 1. The molecular weight excluding hydrogens is 236 g/mol. The molecule has 0 saturated carbocycles. The van der Waals surface area contributed by atoms with E-state index in [1.807, 2.05) is 22.9 Å². The Bertz CT molecular complexity index is 455. The number of rotatable bonds is 5. The van der Waals surface area contributed by atoms with Gasteiger partial charge >= 0.3 is 0 Å². The van der Waals surface area contributed by atoms with E-state index < -0.39 is 9.84 Å². The van der Waals surface area contributed by atoms with Gasteiger partial charge in [0.25, 0.3) is 0 Å². The quantitative estimate of drug-likeness (QED) is 0.869. The second-order valence-corrected chi connectivity index (χ2v) is 7.69. The van der Waals surface area contributed by atoms with E-state index in [1.165, 1.54) is 6.26 Å². The Morgan fingerprint density at radius 1 is 1.35 bits per heavy atom. The summed E-state index contributed by atoms with van der Waals surface area (Å²) >= 11 is 0. The fourth-order valence-corrected chi connectivity index (χ4v) is 1.98. The molecule has 0 bridgehead atoms. The van der Waals surface area contributed by atoms with E-state index in [4.69, 9.17) is 0 Å². The van der Waals surface area contributed by atoms with Crippen molar-refractivity contribution in [3.05, 3.63) is 24.0 Å². The van der Waals surface area contributed by atoms with Gasteiger partial charge in [0.1, 0.15) is 9.84 Å². The molecule has 0 spiro atoms. The minimum Gasteiger partial charge on any atom is -0.349 e. The predicted octanol–water partition coefficient (Wildman–Crippen LogP) is 1.42. The second-order valence-electron chi connectivity index (χ2n) is 5.43. The lowest BCUT2D eigenvalue weighted by atomic mass is 10.1. The summed E-state index contributed by atoms with van der Waals surface area (Å²) in [7, 11) is -2.90. The number of hydrogen-bond acceptors (Lipinski definition) is 3. The third-order valence-electron chi connectivity index (χ3n) is 2.43. The van der Waals surface area contributed by atoms with Crippen molar-refractivity contribution < 1.29 is 8.42 Å². The molecule has 1 aromatic rings. The SMILES string of the molecule is CC(C)(C)NCc1cccn1CCS(C)(=O)=O. The van der Waals surface area contributed by atoms with Crippen LogP contribution in [0.4, 0.5) is 0 Å². The highest BCUT2D eigenvalue weighted by atomic mass is 32.2. The van der Waals surface area contributed by atoms with Crippen molar-refractivity contribution in [1.82, 2.24) is 9.88 Å². The number of sulfone groups is 1. The molecular formula is C12H22N2O2S. The summed E-state index contributed by atoms with van der Waals surface area (Å²) in [4.78, 5) is 0. The molecule has 0 unspecified atom stereocenters. The van der Waals surface area contributed by atoms with Gasteiger partial charge in [-0.3, -0.25) is 0 Å². The molecule has 98 valence electrons. The zero-order valence-electron chi connectivity index (χ0n) is 11.0. The highest BCUT2D eigenvalue weighted by Gasteiger charge is 2.10. The van der Waals surface area contributed by atoms with E-state index >= 15 is 0 Å². The van der Waals surface area contributed by atoms with E-state index in [0.717, 1.165) is 12.2 Å². The normalized spacial score (nSPS) is 12.9. The van der Waals surface area contributed by atoms with Gasteiger partial charge in [0.2, 0.25) is 0 Å². The van der Waals surface area contributed by atoms with Crippen LogP contribution in [0.25, 0.3) is 0 Å². The Kier molecular flexibility index (Phi) is 4.38. The summed E-state index contributed by atoms with van der Waals surface area (Å²) in [6.45, 7) is 7.59. The van der Waals surface area contributed by atoms with Crippen molar-refractivity contribution in [1.29, 1.82) is 0 Å². The zero-order valence-corrected chi connectivity index (χ0v) is 11.8. The van der Waals surface area contributed by atoms with Crippen LogP contribution in [0.1, 0.15) is 26.5 Å². The Hall–Kier alpha value is -0.810. The zero-order chi connectivity index (χ0) is 13.1. The van der Waals surface area contributed by atoms with Gasteiger partial charge in [0.05, 0.1) is 5.75 Å². The predicted molar refractivity (Wildman–Crippen MR) is 70.7 cm³/mol. The summed E-state index contributed by atoms with van der Waals surface area (Å²) in [6, 6.07) is 3.96. The van der Waals surface area contributed by atoms with Crippen LogP contribution in [-0.2, 0) is 22.9 Å². The van der Waals surface area contributed by atoms with Crippen molar-refractivity contribution in [2.45, 2.75) is 39.4 Å². The Morgan fingerprint density at radius 2 is 2.00 bits per heavy atom. The fourth-order valence-electron chi connectivity index (χ4n) is 1.45. The third kappa shape index (κ3) is 5.89. The van der Waals surface area contributed by atoms with Crippen LogP contribution in [-0.4, -0.2) is 30.5 Å². The maximum Gasteiger partial charge on any atom is 0.149 e. The topological polar surface area (TPSA) is 51.1 Å². The van der Waals surface area contributed by atoms with Crippen molar-refractivity contribution in [2.24, 2.45) is 0 Å². The first-order chi connectivity index (χ1) is 7.67. The van der Waals surface area contributed by atoms with Crippen molar-refractivity contribution in [3.8, 4) is 0 Å². The molecule has 0 radical (unpaired) electrons. The lowest BCUT2D eigenvalue weighted by Gasteiger charge is -2.21. The van der Waals surface area contributed by atoms with E-state index in [9.17, 15) is 8.42 Å². The first-order valence-corrected chi connectivity index (χ1v) is 7.80. The molecule has 0 aliphatic heterocycles. The first kappa shape index (κ1) is 14.3. The van der Waals surface area contributed by atoms with Crippen LogP contribution in [0.3, 0.4) is 0 Å². The fraction of sp³-hybridized carbons (Fsp3) is 0.667. The molecule has 0 aliphatic carbocycles. The number of nitrogens with zero attached hydrogens (tertiary/aromatic N) is 1. The van der Waals surface area contributed by atoms with Gasteiger partial charge in [0, 0.05) is 36.8 Å². The van der Waals surface area contributed by atoms with Gasteiger partial charge in [0.15, 0.2) is 0 Å². The number of aromatic nitrogens is 1. The second kappa shape index (κ2) is 5.23. The maximum absolute atomic E-state index is 11.1. The minimum atomic E-state index is -2.90. The monoisotopic (exact) mass is 258 g/mol. The summed E-state index contributed by atoms with van der Waals surface area (Å²) in [5.74, 6) is 0.185. The maximum atomic E-state index is 11.1. The van der Waals surface area contributed by atoms with Gasteiger partial charge in [-0.2, -0.15) is 0 Å². The molecule has 4 nitrogen and oxygen atoms in total. The van der Waals surface area contributed by atoms with Crippen LogP contribution < -0.4 is 5.32 Å². The average molecular weight is 258 g/mol. The largest absolute Gasteiger partial charge is 0.349 e. The van der Waals surface area contributed by atoms with Gasteiger partial charge in [-0.15, -0.1) is 0 Å². The highest BCUT2D eigenvalue weighted by molar-refractivity contribution is 7.90. The molecule has 5 heteroatoms. The van der Waals surface area contributed by atoms with E-state index in [-0.39, 0.29) is 11.3 Å². The highest BCUT2D eigenvalue weighted by Crippen LogP contribution is 2.06. The van der Waals surface area contributed by atoms with Gasteiger partial charge < -0.3 is 9.88 Å². The third-order valence-corrected chi connectivity index (χ3v) is 3.35. The van der Waals surface area contributed by atoms with Crippen molar-refractivity contribution >= 4 is 9.84 Å². The van der Waals surface area contributed by atoms with Crippen molar-refractivity contribution in [3.63, 3.8) is 0 Å². The Morgan fingerprint density at radius 3 is 2.53 bits per heavy atom. The summed E-state index contributed by atoms with van der Waals surface area (Å²) in [5.41, 5.74) is 1.18. The smallest absolute Gasteiger partial charge is 0.149 e. The standard InChI is InChI=1S/C12H22N2O2S/c1-12(2,3)13-10-11-6-5-7-14(11)8-9-17(4,15)16/h5-7,13H,8-10H2,1-4H3. The van der Waals surface area contributed by atoms with Gasteiger partial charge in [-0.05, 0) is 32.9 Å².